The van der Waals surface area contributed by atoms with Crippen LogP contribution in [0.15, 0.2) is 30.5 Å². The fourth-order valence-corrected chi connectivity index (χ4v) is 1.57. The van der Waals surface area contributed by atoms with Gasteiger partial charge in [-0.25, -0.2) is 10.8 Å². The number of aryl methyl sites for hydroxylation is 1. The minimum absolute atomic E-state index is 0.356. The maximum absolute atomic E-state index is 8.62. The van der Waals surface area contributed by atoms with Crippen LogP contribution in [0.4, 0.5) is 17.5 Å². The van der Waals surface area contributed by atoms with Gasteiger partial charge < -0.3 is 5.32 Å². The second-order valence-electron chi connectivity index (χ2n) is 4.03. The molecule has 0 atom stereocenters. The molecule has 0 unspecified atom stereocenters. The Hall–Kier alpha value is -2.65. The average Bonchev–Trinajstić information content (AvgIpc) is 2.44. The Morgan fingerprint density at radius 2 is 2.05 bits per heavy atom. The lowest BCUT2D eigenvalue weighted by Crippen LogP contribution is -2.11. The number of benzene rings is 1. The van der Waals surface area contributed by atoms with Gasteiger partial charge in [-0.3, -0.25) is 5.43 Å². The predicted molar refractivity (Wildman–Crippen MR) is 73.6 cm³/mol. The van der Waals surface area contributed by atoms with E-state index in [1.807, 2.05) is 31.2 Å². The summed E-state index contributed by atoms with van der Waals surface area (Å²) < 4.78 is 0. The molecule has 0 radical (unpaired) electrons. The average molecular weight is 254 g/mol. The van der Waals surface area contributed by atoms with Crippen molar-refractivity contribution in [2.45, 2.75) is 13.3 Å². The fraction of sp³-hybridized carbons (Fsp3) is 0.154. The van der Waals surface area contributed by atoms with Gasteiger partial charge in [-0.15, -0.1) is 0 Å². The summed E-state index contributed by atoms with van der Waals surface area (Å²) in [6, 6.07) is 9.74. The number of anilines is 3. The number of hydrazine groups is 1. The van der Waals surface area contributed by atoms with Crippen molar-refractivity contribution in [2.24, 2.45) is 5.84 Å². The molecule has 0 spiro atoms. The van der Waals surface area contributed by atoms with Crippen LogP contribution in [0.2, 0.25) is 0 Å². The van der Waals surface area contributed by atoms with Gasteiger partial charge in [0.05, 0.1) is 12.5 Å². The van der Waals surface area contributed by atoms with Gasteiger partial charge >= 0.3 is 0 Å². The Morgan fingerprint density at radius 1 is 1.32 bits per heavy atom. The lowest BCUT2D eigenvalue weighted by molar-refractivity contribution is 1.09. The molecule has 2 aromatic rings. The van der Waals surface area contributed by atoms with Crippen molar-refractivity contribution < 1.29 is 0 Å². The molecular weight excluding hydrogens is 240 g/mol. The van der Waals surface area contributed by atoms with E-state index in [1.54, 1.807) is 6.20 Å². The third-order valence-electron chi connectivity index (χ3n) is 2.60. The predicted octanol–water partition coefficient (Wildman–Crippen LogP) is 1.88. The highest BCUT2D eigenvalue weighted by Crippen LogP contribution is 2.19. The first-order chi connectivity index (χ1) is 9.22. The second kappa shape index (κ2) is 5.80. The van der Waals surface area contributed by atoms with E-state index in [0.29, 0.717) is 18.2 Å². The number of nitrogens with zero attached hydrogens (tertiary/aromatic N) is 3. The van der Waals surface area contributed by atoms with E-state index in [9.17, 15) is 0 Å². The second-order valence-corrected chi connectivity index (χ2v) is 4.03. The molecule has 19 heavy (non-hydrogen) atoms. The molecule has 0 aliphatic rings. The molecule has 0 bridgehead atoms. The van der Waals surface area contributed by atoms with E-state index in [-0.39, 0.29) is 0 Å². The summed E-state index contributed by atoms with van der Waals surface area (Å²) >= 11 is 0. The number of nitrogens with one attached hydrogen (secondary N) is 2. The van der Waals surface area contributed by atoms with Gasteiger partial charge in [-0.05, 0) is 24.6 Å². The molecule has 0 saturated carbocycles. The highest BCUT2D eigenvalue weighted by atomic mass is 15.3. The summed E-state index contributed by atoms with van der Waals surface area (Å²) in [5.41, 5.74) is 5.20. The minimum atomic E-state index is 0.356. The molecular formula is C13H14N6. The number of nitriles is 1. The lowest BCUT2D eigenvalue weighted by atomic mass is 10.1. The van der Waals surface area contributed by atoms with Gasteiger partial charge in [-0.1, -0.05) is 12.1 Å². The standard InChI is InChI=1S/C13H14N6/c1-9-8-16-13(19-15)18-12(9)17-11-4-2-10(3-5-11)6-7-14/h2-5,8H,6,15H2,1H3,(H2,16,17,18,19). The van der Waals surface area contributed by atoms with E-state index in [0.717, 1.165) is 16.8 Å². The number of hydrogen-bond acceptors (Lipinski definition) is 6. The first-order valence-electron chi connectivity index (χ1n) is 5.76. The van der Waals surface area contributed by atoms with Crippen LogP contribution < -0.4 is 16.6 Å². The van der Waals surface area contributed by atoms with Crippen molar-refractivity contribution >= 4 is 17.5 Å². The minimum Gasteiger partial charge on any atom is -0.340 e. The molecule has 0 fully saturated rings. The zero-order valence-corrected chi connectivity index (χ0v) is 10.5. The van der Waals surface area contributed by atoms with Crippen LogP contribution in [-0.2, 0) is 6.42 Å². The van der Waals surface area contributed by atoms with Gasteiger partial charge in [0.25, 0.3) is 0 Å². The number of nitrogens with two attached hydrogens (primary N) is 1. The van der Waals surface area contributed by atoms with E-state index in [4.69, 9.17) is 11.1 Å². The van der Waals surface area contributed by atoms with Crippen molar-refractivity contribution in [1.82, 2.24) is 9.97 Å². The molecule has 1 aromatic carbocycles. The van der Waals surface area contributed by atoms with E-state index in [1.165, 1.54) is 0 Å². The maximum atomic E-state index is 8.62. The summed E-state index contributed by atoms with van der Waals surface area (Å²) in [6.07, 6.45) is 2.10. The number of nitrogen functional groups attached to an aromatic ring is 1. The van der Waals surface area contributed by atoms with Crippen molar-refractivity contribution in [2.75, 3.05) is 10.7 Å². The van der Waals surface area contributed by atoms with Crippen molar-refractivity contribution in [3.05, 3.63) is 41.6 Å². The highest BCUT2D eigenvalue weighted by Gasteiger charge is 2.03. The number of rotatable bonds is 4. The molecule has 0 amide bonds. The quantitative estimate of drug-likeness (QED) is 0.569. The normalized spacial score (nSPS) is 9.74. The van der Waals surface area contributed by atoms with Crippen LogP contribution in [-0.4, -0.2) is 9.97 Å². The molecule has 2 rings (SSSR count). The summed E-state index contributed by atoms with van der Waals surface area (Å²) in [5, 5.41) is 11.8. The van der Waals surface area contributed by atoms with Crippen molar-refractivity contribution in [1.29, 1.82) is 5.26 Å². The van der Waals surface area contributed by atoms with Gasteiger partial charge in [0.1, 0.15) is 5.82 Å². The molecule has 96 valence electrons. The van der Waals surface area contributed by atoms with Crippen molar-refractivity contribution in [3.8, 4) is 6.07 Å². The summed E-state index contributed by atoms with van der Waals surface area (Å²) in [5.74, 6) is 6.33. The monoisotopic (exact) mass is 254 g/mol. The van der Waals surface area contributed by atoms with Gasteiger partial charge in [0.15, 0.2) is 0 Å². The Labute approximate surface area is 111 Å². The number of hydrogen-bond donors (Lipinski definition) is 3. The van der Waals surface area contributed by atoms with Crippen LogP contribution in [0, 0.1) is 18.3 Å². The third kappa shape index (κ3) is 3.18. The Balaban J connectivity index is 2.19. The van der Waals surface area contributed by atoms with Gasteiger partial charge in [0.2, 0.25) is 5.95 Å². The molecule has 4 N–H and O–H groups in total. The van der Waals surface area contributed by atoms with E-state index < -0.39 is 0 Å². The Morgan fingerprint density at radius 3 is 2.68 bits per heavy atom. The highest BCUT2D eigenvalue weighted by molar-refractivity contribution is 5.60. The first kappa shape index (κ1) is 12.8. The SMILES string of the molecule is Cc1cnc(NN)nc1Nc1ccc(CC#N)cc1. The van der Waals surface area contributed by atoms with Crippen LogP contribution in [0.1, 0.15) is 11.1 Å². The Kier molecular flexibility index (Phi) is 3.90. The topological polar surface area (TPSA) is 99.7 Å². The maximum Gasteiger partial charge on any atom is 0.239 e. The molecule has 0 aliphatic carbocycles. The molecule has 0 saturated heterocycles. The molecule has 6 nitrogen and oxygen atoms in total. The van der Waals surface area contributed by atoms with Crippen LogP contribution >= 0.6 is 0 Å². The van der Waals surface area contributed by atoms with E-state index >= 15 is 0 Å². The summed E-state index contributed by atoms with van der Waals surface area (Å²) in [6.45, 7) is 1.91. The lowest BCUT2D eigenvalue weighted by Gasteiger charge is -2.09. The first-order valence-corrected chi connectivity index (χ1v) is 5.76. The molecule has 0 aliphatic heterocycles. The zero-order valence-electron chi connectivity index (χ0n) is 10.5. The van der Waals surface area contributed by atoms with Gasteiger partial charge in [-0.2, -0.15) is 10.2 Å². The zero-order chi connectivity index (χ0) is 13.7. The van der Waals surface area contributed by atoms with Crippen LogP contribution in [0.5, 0.6) is 0 Å². The van der Waals surface area contributed by atoms with Gasteiger partial charge in [0, 0.05) is 17.4 Å². The Bertz CT molecular complexity index is 600. The summed E-state index contributed by atoms with van der Waals surface area (Å²) in [7, 11) is 0. The van der Waals surface area contributed by atoms with Crippen molar-refractivity contribution in [3.63, 3.8) is 0 Å². The smallest absolute Gasteiger partial charge is 0.239 e. The molecule has 1 aromatic heterocycles. The third-order valence-corrected chi connectivity index (χ3v) is 2.60. The summed E-state index contributed by atoms with van der Waals surface area (Å²) in [4.78, 5) is 8.25. The largest absolute Gasteiger partial charge is 0.340 e. The fourth-order valence-electron chi connectivity index (χ4n) is 1.57. The molecule has 1 heterocycles. The number of aromatic nitrogens is 2. The van der Waals surface area contributed by atoms with E-state index in [2.05, 4.69) is 26.8 Å². The molecule has 6 heteroatoms. The van der Waals surface area contributed by atoms with Crippen LogP contribution in [0.25, 0.3) is 0 Å². The van der Waals surface area contributed by atoms with Crippen LogP contribution in [0.3, 0.4) is 0 Å².